The van der Waals surface area contributed by atoms with Crippen molar-refractivity contribution in [3.05, 3.63) is 18.2 Å². The first-order valence-electron chi connectivity index (χ1n) is 8.62. The van der Waals surface area contributed by atoms with Crippen LogP contribution in [0.4, 0.5) is 0 Å². The molecule has 0 amide bonds. The van der Waals surface area contributed by atoms with Crippen molar-refractivity contribution in [3.8, 4) is 0 Å². The average molecular weight is 307 g/mol. The Kier molecular flexibility index (Phi) is 5.50. The number of nitrogens with one attached hydrogen (secondary N) is 2. The van der Waals surface area contributed by atoms with Gasteiger partial charge in [-0.2, -0.15) is 0 Å². The highest BCUT2D eigenvalue weighted by Crippen LogP contribution is 2.35. The Labute approximate surface area is 133 Å². The van der Waals surface area contributed by atoms with Gasteiger partial charge in [-0.3, -0.25) is 0 Å². The van der Waals surface area contributed by atoms with Crippen LogP contribution in [0.15, 0.2) is 12.4 Å². The minimum atomic E-state index is 0.200. The lowest BCUT2D eigenvalue weighted by Crippen LogP contribution is -2.37. The SMILES string of the molecule is CO[C@@H]1CC(NC(c2ncc[nH]2)C2CCCCC2)C[C@H]1OC. The number of H-pyrrole nitrogens is 1. The van der Waals surface area contributed by atoms with E-state index in [0.717, 1.165) is 18.7 Å². The van der Waals surface area contributed by atoms with Crippen LogP contribution in [0.2, 0.25) is 0 Å². The molecule has 2 aliphatic rings. The van der Waals surface area contributed by atoms with E-state index >= 15 is 0 Å². The van der Waals surface area contributed by atoms with Gasteiger partial charge in [0.15, 0.2) is 0 Å². The second kappa shape index (κ2) is 7.57. The summed E-state index contributed by atoms with van der Waals surface area (Å²) in [5, 5.41) is 3.86. The maximum atomic E-state index is 5.57. The predicted molar refractivity (Wildman–Crippen MR) is 85.7 cm³/mol. The maximum Gasteiger partial charge on any atom is 0.123 e. The molecule has 2 saturated carbocycles. The summed E-state index contributed by atoms with van der Waals surface area (Å²) >= 11 is 0. The van der Waals surface area contributed by atoms with E-state index in [4.69, 9.17) is 9.47 Å². The standard InChI is InChI=1S/C17H29N3O2/c1-21-14-10-13(11-15(14)22-2)20-16(17-18-8-9-19-17)12-6-4-3-5-7-12/h8-9,12-16,20H,3-7,10-11H2,1-2H3,(H,18,19)/t14-,15-,16?/m1/s1. The molecule has 0 bridgehead atoms. The molecule has 0 aromatic carbocycles. The highest BCUT2D eigenvalue weighted by atomic mass is 16.5. The molecule has 0 spiro atoms. The normalized spacial score (nSPS) is 29.0. The first kappa shape index (κ1) is 16.0. The highest BCUT2D eigenvalue weighted by molar-refractivity contribution is 5.02. The molecule has 2 aliphatic carbocycles. The first-order valence-corrected chi connectivity index (χ1v) is 8.62. The Morgan fingerprint density at radius 2 is 1.82 bits per heavy atom. The molecule has 0 saturated heterocycles. The number of hydrogen-bond donors (Lipinski definition) is 2. The number of aromatic nitrogens is 2. The molecule has 3 rings (SSSR count). The average Bonchev–Trinajstić information content (AvgIpc) is 3.22. The topological polar surface area (TPSA) is 59.2 Å². The van der Waals surface area contributed by atoms with Crippen molar-refractivity contribution in [3.63, 3.8) is 0 Å². The summed E-state index contributed by atoms with van der Waals surface area (Å²) in [6, 6.07) is 0.764. The van der Waals surface area contributed by atoms with Gasteiger partial charge in [0.25, 0.3) is 0 Å². The van der Waals surface area contributed by atoms with Gasteiger partial charge in [0.1, 0.15) is 5.82 Å². The van der Waals surface area contributed by atoms with Crippen LogP contribution in [0.5, 0.6) is 0 Å². The number of methoxy groups -OCH3 is 2. The Bertz CT molecular complexity index is 419. The fourth-order valence-electron chi connectivity index (χ4n) is 4.20. The zero-order chi connectivity index (χ0) is 15.4. The van der Waals surface area contributed by atoms with Gasteiger partial charge >= 0.3 is 0 Å². The van der Waals surface area contributed by atoms with Crippen LogP contribution in [0.1, 0.15) is 56.8 Å². The van der Waals surface area contributed by atoms with Crippen molar-refractivity contribution in [1.29, 1.82) is 0 Å². The van der Waals surface area contributed by atoms with Gasteiger partial charge in [-0.1, -0.05) is 19.3 Å². The number of ether oxygens (including phenoxy) is 2. The molecule has 1 aromatic rings. The molecule has 2 fully saturated rings. The summed E-state index contributed by atoms with van der Waals surface area (Å²) in [7, 11) is 3.56. The molecule has 5 heteroatoms. The summed E-state index contributed by atoms with van der Waals surface area (Å²) in [5.74, 6) is 1.77. The van der Waals surface area contributed by atoms with Crippen LogP contribution in [0.25, 0.3) is 0 Å². The van der Waals surface area contributed by atoms with Crippen molar-refractivity contribution in [2.45, 2.75) is 69.2 Å². The monoisotopic (exact) mass is 307 g/mol. The molecule has 1 heterocycles. The fourth-order valence-corrected chi connectivity index (χ4v) is 4.20. The second-order valence-corrected chi connectivity index (χ2v) is 6.73. The fraction of sp³-hybridized carbons (Fsp3) is 0.824. The highest BCUT2D eigenvalue weighted by Gasteiger charge is 2.37. The molecular formula is C17H29N3O2. The molecule has 1 unspecified atom stereocenters. The molecule has 0 radical (unpaired) electrons. The summed E-state index contributed by atoms with van der Waals surface area (Å²) in [4.78, 5) is 7.85. The number of imidazole rings is 1. The Morgan fingerprint density at radius 1 is 1.14 bits per heavy atom. The Morgan fingerprint density at radius 3 is 2.36 bits per heavy atom. The zero-order valence-electron chi connectivity index (χ0n) is 13.8. The van der Waals surface area contributed by atoms with Crippen LogP contribution in [0, 0.1) is 5.92 Å². The molecule has 2 N–H and O–H groups in total. The maximum absolute atomic E-state index is 5.57. The van der Waals surface area contributed by atoms with Gasteiger partial charge in [0.05, 0.1) is 18.2 Å². The summed E-state index contributed by atoms with van der Waals surface area (Å²) < 4.78 is 11.1. The smallest absolute Gasteiger partial charge is 0.123 e. The van der Waals surface area contributed by atoms with Crippen molar-refractivity contribution in [2.24, 2.45) is 5.92 Å². The molecule has 5 nitrogen and oxygen atoms in total. The van der Waals surface area contributed by atoms with Crippen molar-refractivity contribution >= 4 is 0 Å². The minimum Gasteiger partial charge on any atom is -0.379 e. The number of aromatic amines is 1. The predicted octanol–water partition coefficient (Wildman–Crippen LogP) is 2.81. The van der Waals surface area contributed by atoms with E-state index in [1.54, 1.807) is 14.2 Å². The molecule has 0 aliphatic heterocycles. The summed E-state index contributed by atoms with van der Waals surface area (Å²) in [5.41, 5.74) is 0. The third-order valence-electron chi connectivity index (χ3n) is 5.40. The lowest BCUT2D eigenvalue weighted by Gasteiger charge is -2.32. The molecule has 124 valence electrons. The molecule has 22 heavy (non-hydrogen) atoms. The molecule has 3 atom stereocenters. The van der Waals surface area contributed by atoms with E-state index in [-0.39, 0.29) is 12.2 Å². The van der Waals surface area contributed by atoms with E-state index in [2.05, 4.69) is 15.3 Å². The summed E-state index contributed by atoms with van der Waals surface area (Å²) in [6.07, 6.45) is 12.9. The van der Waals surface area contributed by atoms with Crippen LogP contribution in [0.3, 0.4) is 0 Å². The van der Waals surface area contributed by atoms with E-state index in [9.17, 15) is 0 Å². The van der Waals surface area contributed by atoms with E-state index in [1.165, 1.54) is 32.1 Å². The van der Waals surface area contributed by atoms with Gasteiger partial charge in [0.2, 0.25) is 0 Å². The minimum absolute atomic E-state index is 0.200. The van der Waals surface area contributed by atoms with Crippen LogP contribution < -0.4 is 5.32 Å². The van der Waals surface area contributed by atoms with Crippen LogP contribution in [-0.2, 0) is 9.47 Å². The Hall–Kier alpha value is -0.910. The van der Waals surface area contributed by atoms with Gasteiger partial charge in [-0.25, -0.2) is 4.98 Å². The van der Waals surface area contributed by atoms with E-state index in [0.29, 0.717) is 18.0 Å². The van der Waals surface area contributed by atoms with Gasteiger partial charge in [-0.15, -0.1) is 0 Å². The quantitative estimate of drug-likeness (QED) is 0.848. The van der Waals surface area contributed by atoms with Crippen molar-refractivity contribution in [2.75, 3.05) is 14.2 Å². The third kappa shape index (κ3) is 3.53. The van der Waals surface area contributed by atoms with Crippen LogP contribution in [-0.4, -0.2) is 42.4 Å². The first-order chi connectivity index (χ1) is 10.8. The molecule has 1 aromatic heterocycles. The number of hydrogen-bond acceptors (Lipinski definition) is 4. The third-order valence-corrected chi connectivity index (χ3v) is 5.40. The number of nitrogens with zero attached hydrogens (tertiary/aromatic N) is 1. The van der Waals surface area contributed by atoms with Gasteiger partial charge in [0, 0.05) is 32.7 Å². The largest absolute Gasteiger partial charge is 0.379 e. The molecular weight excluding hydrogens is 278 g/mol. The van der Waals surface area contributed by atoms with Crippen LogP contribution >= 0.6 is 0 Å². The van der Waals surface area contributed by atoms with Crippen molar-refractivity contribution in [1.82, 2.24) is 15.3 Å². The van der Waals surface area contributed by atoms with E-state index < -0.39 is 0 Å². The van der Waals surface area contributed by atoms with Crippen molar-refractivity contribution < 1.29 is 9.47 Å². The zero-order valence-corrected chi connectivity index (χ0v) is 13.8. The lowest BCUT2D eigenvalue weighted by atomic mass is 9.83. The summed E-state index contributed by atoms with van der Waals surface area (Å²) in [6.45, 7) is 0. The number of rotatable bonds is 6. The second-order valence-electron chi connectivity index (χ2n) is 6.73. The lowest BCUT2D eigenvalue weighted by molar-refractivity contribution is -0.0157. The van der Waals surface area contributed by atoms with E-state index in [1.807, 2.05) is 12.4 Å². The Balaban J connectivity index is 1.68. The van der Waals surface area contributed by atoms with Gasteiger partial charge < -0.3 is 19.8 Å². The van der Waals surface area contributed by atoms with Gasteiger partial charge in [-0.05, 0) is 31.6 Å².